The molecule has 0 aromatic heterocycles. The van der Waals surface area contributed by atoms with Gasteiger partial charge in [-0.05, 0) is 24.9 Å². The number of hydrogen-bond acceptors (Lipinski definition) is 3. The second-order valence-electron chi connectivity index (χ2n) is 4.73. The Morgan fingerprint density at radius 3 is 2.65 bits per heavy atom. The number of carbonyl (C=O) groups is 1. The van der Waals surface area contributed by atoms with E-state index in [9.17, 15) is 4.79 Å². The van der Waals surface area contributed by atoms with E-state index in [1.807, 2.05) is 37.3 Å². The van der Waals surface area contributed by atoms with Crippen molar-refractivity contribution in [2.75, 3.05) is 13.1 Å². The molecule has 92 valence electrons. The first-order valence-corrected chi connectivity index (χ1v) is 6.14. The molecule has 1 aliphatic rings. The maximum absolute atomic E-state index is 12.0. The second-order valence-corrected chi connectivity index (χ2v) is 4.73. The number of benzene rings is 1. The van der Waals surface area contributed by atoms with Gasteiger partial charge in [0.2, 0.25) is 0 Å². The van der Waals surface area contributed by atoms with Crippen molar-refractivity contribution in [3.8, 4) is 0 Å². The molecule has 0 saturated carbocycles. The highest BCUT2D eigenvalue weighted by Crippen LogP contribution is 2.22. The van der Waals surface area contributed by atoms with Crippen molar-refractivity contribution in [3.63, 3.8) is 0 Å². The average molecular weight is 233 g/mol. The lowest BCUT2D eigenvalue weighted by atomic mass is 9.98. The molecule has 1 aromatic carbocycles. The maximum Gasteiger partial charge on any atom is 0.311 e. The number of carbonyl (C=O) groups excluding carboxylic acids is 1. The van der Waals surface area contributed by atoms with Crippen LogP contribution in [0, 0.1) is 11.8 Å². The predicted molar refractivity (Wildman–Crippen MR) is 66.5 cm³/mol. The molecule has 1 aromatic rings. The minimum Gasteiger partial charge on any atom is -0.458 e. The van der Waals surface area contributed by atoms with Crippen molar-refractivity contribution in [3.05, 3.63) is 35.9 Å². The molecule has 1 saturated heterocycles. The minimum absolute atomic E-state index is 0.00108. The van der Waals surface area contributed by atoms with Gasteiger partial charge in [-0.25, -0.2) is 0 Å². The van der Waals surface area contributed by atoms with Crippen LogP contribution in [-0.2, 0) is 9.53 Å². The van der Waals surface area contributed by atoms with Crippen LogP contribution in [0.25, 0.3) is 0 Å². The van der Waals surface area contributed by atoms with Crippen molar-refractivity contribution in [2.45, 2.75) is 20.0 Å². The highest BCUT2D eigenvalue weighted by Gasteiger charge is 2.31. The number of ether oxygens (including phenoxy) is 1. The van der Waals surface area contributed by atoms with Crippen LogP contribution >= 0.6 is 0 Å². The van der Waals surface area contributed by atoms with Gasteiger partial charge in [0.25, 0.3) is 0 Å². The minimum atomic E-state index is -0.170. The third-order valence-electron chi connectivity index (χ3n) is 3.38. The summed E-state index contributed by atoms with van der Waals surface area (Å²) in [6, 6.07) is 9.84. The van der Waals surface area contributed by atoms with Crippen LogP contribution in [0.15, 0.2) is 30.3 Å². The largest absolute Gasteiger partial charge is 0.458 e. The molecule has 0 radical (unpaired) electrons. The highest BCUT2D eigenvalue weighted by atomic mass is 16.5. The normalized spacial score (nSPS) is 25.5. The summed E-state index contributed by atoms with van der Waals surface area (Å²) in [5.74, 6) is 0.283. The molecule has 1 N–H and O–H groups in total. The Morgan fingerprint density at radius 1 is 1.35 bits per heavy atom. The predicted octanol–water partition coefficient (Wildman–Crippen LogP) is 2.15. The van der Waals surface area contributed by atoms with Crippen LogP contribution in [0.1, 0.15) is 25.5 Å². The molecule has 3 atom stereocenters. The van der Waals surface area contributed by atoms with E-state index >= 15 is 0 Å². The van der Waals surface area contributed by atoms with Crippen LogP contribution < -0.4 is 5.32 Å². The average Bonchev–Trinajstić information content (AvgIpc) is 2.76. The van der Waals surface area contributed by atoms with Crippen LogP contribution in [0.3, 0.4) is 0 Å². The zero-order valence-electron chi connectivity index (χ0n) is 10.3. The summed E-state index contributed by atoms with van der Waals surface area (Å²) in [7, 11) is 0. The second kappa shape index (κ2) is 5.32. The molecule has 1 aliphatic heterocycles. The number of rotatable bonds is 3. The van der Waals surface area contributed by atoms with E-state index < -0.39 is 0 Å². The molecule has 0 bridgehead atoms. The van der Waals surface area contributed by atoms with Gasteiger partial charge in [-0.1, -0.05) is 37.3 Å². The van der Waals surface area contributed by atoms with E-state index in [0.717, 1.165) is 18.7 Å². The highest BCUT2D eigenvalue weighted by molar-refractivity contribution is 5.73. The number of hydrogen-bond donors (Lipinski definition) is 1. The summed E-state index contributed by atoms with van der Waals surface area (Å²) in [5.41, 5.74) is 1.04. The molecule has 2 rings (SSSR count). The molecular weight excluding hydrogens is 214 g/mol. The van der Waals surface area contributed by atoms with E-state index in [1.165, 1.54) is 0 Å². The van der Waals surface area contributed by atoms with Gasteiger partial charge in [0.1, 0.15) is 6.10 Å². The van der Waals surface area contributed by atoms with Crippen LogP contribution in [-0.4, -0.2) is 19.1 Å². The molecule has 0 amide bonds. The van der Waals surface area contributed by atoms with Gasteiger partial charge in [-0.15, -0.1) is 0 Å². The lowest BCUT2D eigenvalue weighted by molar-refractivity contribution is -0.154. The maximum atomic E-state index is 12.0. The van der Waals surface area contributed by atoms with Crippen molar-refractivity contribution in [2.24, 2.45) is 11.8 Å². The Morgan fingerprint density at radius 2 is 2.06 bits per heavy atom. The zero-order chi connectivity index (χ0) is 12.3. The Labute approximate surface area is 102 Å². The molecule has 0 spiro atoms. The lowest BCUT2D eigenvalue weighted by Gasteiger charge is -2.18. The third-order valence-corrected chi connectivity index (χ3v) is 3.38. The monoisotopic (exact) mass is 233 g/mol. The summed E-state index contributed by atoms with van der Waals surface area (Å²) in [6.45, 7) is 5.64. The van der Waals surface area contributed by atoms with E-state index in [2.05, 4.69) is 12.2 Å². The van der Waals surface area contributed by atoms with E-state index in [-0.39, 0.29) is 18.0 Å². The first-order valence-electron chi connectivity index (χ1n) is 6.14. The fraction of sp³-hybridized carbons (Fsp3) is 0.500. The topological polar surface area (TPSA) is 38.3 Å². The Balaban J connectivity index is 1.95. The summed E-state index contributed by atoms with van der Waals surface area (Å²) in [6.07, 6.45) is -0.170. The fourth-order valence-electron chi connectivity index (χ4n) is 2.18. The van der Waals surface area contributed by atoms with Gasteiger partial charge < -0.3 is 10.1 Å². The molecule has 17 heavy (non-hydrogen) atoms. The van der Waals surface area contributed by atoms with Gasteiger partial charge in [-0.3, -0.25) is 4.79 Å². The smallest absolute Gasteiger partial charge is 0.311 e. The molecule has 3 nitrogen and oxygen atoms in total. The third kappa shape index (κ3) is 2.86. The summed E-state index contributed by atoms with van der Waals surface area (Å²) >= 11 is 0. The van der Waals surface area contributed by atoms with Gasteiger partial charge in [-0.2, -0.15) is 0 Å². The Hall–Kier alpha value is -1.35. The molecule has 1 heterocycles. The van der Waals surface area contributed by atoms with Gasteiger partial charge >= 0.3 is 5.97 Å². The van der Waals surface area contributed by atoms with Gasteiger partial charge in [0, 0.05) is 6.54 Å². The van der Waals surface area contributed by atoms with Crippen molar-refractivity contribution < 1.29 is 9.53 Å². The van der Waals surface area contributed by atoms with E-state index in [0.29, 0.717) is 5.92 Å². The molecular formula is C14H19NO2. The Kier molecular flexibility index (Phi) is 3.79. The van der Waals surface area contributed by atoms with E-state index in [1.54, 1.807) is 0 Å². The number of esters is 1. The van der Waals surface area contributed by atoms with Gasteiger partial charge in [0.15, 0.2) is 0 Å². The molecule has 3 heteroatoms. The van der Waals surface area contributed by atoms with Gasteiger partial charge in [0.05, 0.1) is 5.92 Å². The summed E-state index contributed by atoms with van der Waals surface area (Å²) in [5, 5.41) is 3.22. The zero-order valence-corrected chi connectivity index (χ0v) is 10.3. The van der Waals surface area contributed by atoms with Crippen LogP contribution in [0.5, 0.6) is 0 Å². The summed E-state index contributed by atoms with van der Waals surface area (Å²) in [4.78, 5) is 12.0. The fourth-order valence-corrected chi connectivity index (χ4v) is 2.18. The van der Waals surface area contributed by atoms with Crippen molar-refractivity contribution in [1.29, 1.82) is 0 Å². The molecule has 1 fully saturated rings. The Bertz CT molecular complexity index is 377. The standard InChI is InChI=1S/C14H19NO2/c1-10-8-15-9-13(10)14(16)17-11(2)12-6-4-3-5-7-12/h3-7,10-11,13,15H,8-9H2,1-2H3. The number of nitrogens with one attached hydrogen (secondary N) is 1. The van der Waals surface area contributed by atoms with Crippen molar-refractivity contribution in [1.82, 2.24) is 5.32 Å². The van der Waals surface area contributed by atoms with Crippen molar-refractivity contribution >= 4 is 5.97 Å². The summed E-state index contributed by atoms with van der Waals surface area (Å²) < 4.78 is 5.51. The first kappa shape index (κ1) is 12.1. The van der Waals surface area contributed by atoms with Crippen LogP contribution in [0.2, 0.25) is 0 Å². The van der Waals surface area contributed by atoms with E-state index in [4.69, 9.17) is 4.74 Å². The quantitative estimate of drug-likeness (QED) is 0.813. The van der Waals surface area contributed by atoms with Crippen LogP contribution in [0.4, 0.5) is 0 Å². The lowest BCUT2D eigenvalue weighted by Crippen LogP contribution is -2.24. The molecule has 3 unspecified atom stereocenters. The SMILES string of the molecule is CC(OC(=O)C1CNCC1C)c1ccccc1. The molecule has 0 aliphatic carbocycles. The first-order chi connectivity index (χ1) is 8.18.